The van der Waals surface area contributed by atoms with E-state index in [1.54, 1.807) is 31.4 Å². The van der Waals surface area contributed by atoms with Crippen molar-refractivity contribution >= 4 is 17.6 Å². The maximum absolute atomic E-state index is 11.9. The second kappa shape index (κ2) is 7.81. The predicted octanol–water partition coefficient (Wildman–Crippen LogP) is 2.00. The molecule has 2 amide bonds. The Bertz CT molecular complexity index is 890. The van der Waals surface area contributed by atoms with Crippen molar-refractivity contribution < 1.29 is 9.59 Å². The van der Waals surface area contributed by atoms with Crippen molar-refractivity contribution in [2.45, 2.75) is 19.8 Å². The van der Waals surface area contributed by atoms with Crippen LogP contribution in [0.25, 0.3) is 0 Å². The van der Waals surface area contributed by atoms with E-state index in [0.717, 1.165) is 29.5 Å². The zero-order valence-corrected chi connectivity index (χ0v) is 14.7. The van der Waals surface area contributed by atoms with E-state index in [-0.39, 0.29) is 17.7 Å². The first-order valence-corrected chi connectivity index (χ1v) is 8.43. The van der Waals surface area contributed by atoms with Gasteiger partial charge in [0.25, 0.3) is 5.91 Å². The van der Waals surface area contributed by atoms with Gasteiger partial charge in [0, 0.05) is 35.9 Å². The standard InChI is InChI=1S/C20H20N4O2/c1-13-3-6-17(20(26)24-21-2)11-16(13)7-4-14-5-10-18(22-12-14)23-19(25)15-8-9-15/h3,5-6,10-12,15,21H,8-9H2,1-2H3,(H,24,26)(H,22,23,25). The Morgan fingerprint density at radius 2 is 1.96 bits per heavy atom. The number of hydrogen-bond donors (Lipinski definition) is 3. The molecule has 0 aliphatic heterocycles. The first kappa shape index (κ1) is 17.6. The van der Waals surface area contributed by atoms with Crippen molar-refractivity contribution in [1.82, 2.24) is 15.8 Å². The Hall–Kier alpha value is -3.17. The van der Waals surface area contributed by atoms with Gasteiger partial charge >= 0.3 is 0 Å². The summed E-state index contributed by atoms with van der Waals surface area (Å²) in [6.07, 6.45) is 3.54. The summed E-state index contributed by atoms with van der Waals surface area (Å²) >= 11 is 0. The van der Waals surface area contributed by atoms with Crippen LogP contribution in [0.4, 0.5) is 5.82 Å². The van der Waals surface area contributed by atoms with Gasteiger partial charge in [-0.05, 0) is 49.6 Å². The molecule has 0 unspecified atom stereocenters. The van der Waals surface area contributed by atoms with Gasteiger partial charge in [0.1, 0.15) is 5.82 Å². The quantitative estimate of drug-likeness (QED) is 0.583. The van der Waals surface area contributed by atoms with Crippen LogP contribution in [-0.4, -0.2) is 23.8 Å². The van der Waals surface area contributed by atoms with E-state index >= 15 is 0 Å². The van der Waals surface area contributed by atoms with E-state index in [0.29, 0.717) is 11.4 Å². The van der Waals surface area contributed by atoms with Gasteiger partial charge in [0.15, 0.2) is 0 Å². The number of nitrogens with zero attached hydrogens (tertiary/aromatic N) is 1. The molecular formula is C20H20N4O2. The molecule has 1 aliphatic rings. The average Bonchev–Trinajstić information content (AvgIpc) is 3.47. The maximum Gasteiger partial charge on any atom is 0.265 e. The van der Waals surface area contributed by atoms with E-state index in [9.17, 15) is 9.59 Å². The Kier molecular flexibility index (Phi) is 5.30. The van der Waals surface area contributed by atoms with Gasteiger partial charge in [-0.2, -0.15) is 0 Å². The highest BCUT2D eigenvalue weighted by Gasteiger charge is 2.29. The van der Waals surface area contributed by atoms with Crippen LogP contribution in [0.5, 0.6) is 0 Å². The largest absolute Gasteiger partial charge is 0.310 e. The molecule has 2 aromatic rings. The molecule has 1 aliphatic carbocycles. The zero-order chi connectivity index (χ0) is 18.5. The monoisotopic (exact) mass is 348 g/mol. The van der Waals surface area contributed by atoms with Crippen LogP contribution in [0.1, 0.15) is 39.9 Å². The lowest BCUT2D eigenvalue weighted by molar-refractivity contribution is -0.117. The minimum Gasteiger partial charge on any atom is -0.310 e. The van der Waals surface area contributed by atoms with E-state index in [1.807, 2.05) is 19.1 Å². The van der Waals surface area contributed by atoms with Crippen LogP contribution in [0, 0.1) is 24.7 Å². The highest BCUT2D eigenvalue weighted by atomic mass is 16.2. The van der Waals surface area contributed by atoms with Gasteiger partial charge in [-0.15, -0.1) is 0 Å². The van der Waals surface area contributed by atoms with E-state index < -0.39 is 0 Å². The van der Waals surface area contributed by atoms with Gasteiger partial charge in [-0.25, -0.2) is 10.4 Å². The summed E-state index contributed by atoms with van der Waals surface area (Å²) in [6.45, 7) is 1.94. The van der Waals surface area contributed by atoms with Crippen LogP contribution in [0.15, 0.2) is 36.5 Å². The van der Waals surface area contributed by atoms with Crippen molar-refractivity contribution in [3.8, 4) is 11.8 Å². The molecule has 3 N–H and O–H groups in total. The van der Waals surface area contributed by atoms with E-state index in [1.165, 1.54) is 0 Å². The smallest absolute Gasteiger partial charge is 0.265 e. The fourth-order valence-electron chi connectivity index (χ4n) is 2.34. The van der Waals surface area contributed by atoms with Gasteiger partial charge in [-0.3, -0.25) is 15.0 Å². The highest BCUT2D eigenvalue weighted by Crippen LogP contribution is 2.29. The summed E-state index contributed by atoms with van der Waals surface area (Å²) in [5, 5.41) is 2.80. The second-order valence-corrected chi connectivity index (χ2v) is 6.18. The number of aryl methyl sites for hydroxylation is 1. The summed E-state index contributed by atoms with van der Waals surface area (Å²) in [5.41, 5.74) is 8.18. The van der Waals surface area contributed by atoms with Crippen molar-refractivity contribution in [3.05, 3.63) is 58.8 Å². The summed E-state index contributed by atoms with van der Waals surface area (Å²) in [4.78, 5) is 27.8. The summed E-state index contributed by atoms with van der Waals surface area (Å²) in [6, 6.07) is 8.94. The first-order chi connectivity index (χ1) is 12.6. The molecule has 3 rings (SSSR count). The molecule has 6 nitrogen and oxygen atoms in total. The first-order valence-electron chi connectivity index (χ1n) is 8.43. The van der Waals surface area contributed by atoms with Crippen molar-refractivity contribution in [2.75, 3.05) is 12.4 Å². The van der Waals surface area contributed by atoms with Crippen LogP contribution in [0.2, 0.25) is 0 Å². The fraction of sp³-hybridized carbons (Fsp3) is 0.250. The number of benzene rings is 1. The number of hydrazine groups is 1. The molecular weight excluding hydrogens is 328 g/mol. The number of hydrogen-bond acceptors (Lipinski definition) is 4. The van der Waals surface area contributed by atoms with E-state index in [4.69, 9.17) is 0 Å². The van der Waals surface area contributed by atoms with Crippen LogP contribution < -0.4 is 16.2 Å². The normalized spacial score (nSPS) is 12.7. The molecule has 1 fully saturated rings. The third-order valence-electron chi connectivity index (χ3n) is 4.04. The Labute approximate surface area is 152 Å². The Morgan fingerprint density at radius 1 is 1.15 bits per heavy atom. The summed E-state index contributed by atoms with van der Waals surface area (Å²) < 4.78 is 0. The number of pyridine rings is 1. The van der Waals surface area contributed by atoms with Crippen LogP contribution in [-0.2, 0) is 4.79 Å². The molecule has 1 heterocycles. The number of rotatable bonds is 4. The summed E-state index contributed by atoms with van der Waals surface area (Å²) in [5.74, 6) is 6.62. The molecule has 132 valence electrons. The Morgan fingerprint density at radius 3 is 2.62 bits per heavy atom. The minimum atomic E-state index is -0.215. The van der Waals surface area contributed by atoms with Gasteiger partial charge in [0.05, 0.1) is 0 Å². The molecule has 1 saturated carbocycles. The number of anilines is 1. The van der Waals surface area contributed by atoms with Crippen LogP contribution in [0.3, 0.4) is 0 Å². The number of carbonyl (C=O) groups is 2. The lowest BCUT2D eigenvalue weighted by atomic mass is 10.0. The molecule has 26 heavy (non-hydrogen) atoms. The van der Waals surface area contributed by atoms with Crippen LogP contribution >= 0.6 is 0 Å². The SMILES string of the molecule is CNNC(=O)c1ccc(C)c(C#Cc2ccc(NC(=O)C3CC3)nc2)c1. The lowest BCUT2D eigenvalue weighted by Crippen LogP contribution is -2.34. The van der Waals surface area contributed by atoms with Gasteiger partial charge in [0.2, 0.25) is 5.91 Å². The van der Waals surface area contributed by atoms with Crippen molar-refractivity contribution in [1.29, 1.82) is 0 Å². The van der Waals surface area contributed by atoms with Crippen molar-refractivity contribution in [3.63, 3.8) is 0 Å². The van der Waals surface area contributed by atoms with E-state index in [2.05, 4.69) is 33.0 Å². The molecule has 1 aromatic carbocycles. The average molecular weight is 348 g/mol. The molecule has 0 bridgehead atoms. The van der Waals surface area contributed by atoms with Crippen molar-refractivity contribution in [2.24, 2.45) is 5.92 Å². The molecule has 6 heteroatoms. The zero-order valence-electron chi connectivity index (χ0n) is 14.7. The fourth-order valence-corrected chi connectivity index (χ4v) is 2.34. The number of nitrogens with one attached hydrogen (secondary N) is 3. The maximum atomic E-state index is 11.9. The molecule has 1 aromatic heterocycles. The second-order valence-electron chi connectivity index (χ2n) is 6.18. The highest BCUT2D eigenvalue weighted by molar-refractivity contribution is 5.94. The third-order valence-corrected chi connectivity index (χ3v) is 4.04. The lowest BCUT2D eigenvalue weighted by Gasteiger charge is -2.05. The Balaban J connectivity index is 1.73. The molecule has 0 saturated heterocycles. The third kappa shape index (κ3) is 4.47. The number of aromatic nitrogens is 1. The summed E-state index contributed by atoms with van der Waals surface area (Å²) in [7, 11) is 1.64. The predicted molar refractivity (Wildman–Crippen MR) is 99.3 cm³/mol. The van der Waals surface area contributed by atoms with Gasteiger partial charge in [-0.1, -0.05) is 17.9 Å². The number of amides is 2. The molecule has 0 spiro atoms. The number of carbonyl (C=O) groups excluding carboxylic acids is 2. The molecule has 0 atom stereocenters. The topological polar surface area (TPSA) is 83.1 Å². The van der Waals surface area contributed by atoms with Gasteiger partial charge < -0.3 is 5.32 Å². The molecule has 0 radical (unpaired) electrons. The minimum absolute atomic E-state index is 0.0311.